The van der Waals surface area contributed by atoms with E-state index < -0.39 is 6.04 Å². The van der Waals surface area contributed by atoms with Gasteiger partial charge in [0.25, 0.3) is 5.91 Å². The second kappa shape index (κ2) is 10.9. The molecule has 0 saturated carbocycles. The van der Waals surface area contributed by atoms with Crippen LogP contribution in [-0.4, -0.2) is 40.3 Å². The number of nitrogens with one attached hydrogen (secondary N) is 1. The highest BCUT2D eigenvalue weighted by atomic mass is 32.2. The smallest absolute Gasteiger partial charge is 0.259 e. The third kappa shape index (κ3) is 5.41. The van der Waals surface area contributed by atoms with Crippen LogP contribution in [0.5, 0.6) is 0 Å². The fourth-order valence-corrected chi connectivity index (χ4v) is 5.22. The van der Waals surface area contributed by atoms with E-state index in [-0.39, 0.29) is 18.2 Å². The fourth-order valence-electron chi connectivity index (χ4n) is 4.27. The van der Waals surface area contributed by atoms with E-state index in [1.807, 2.05) is 54.6 Å². The Bertz CT molecular complexity index is 1320. The van der Waals surface area contributed by atoms with Gasteiger partial charge in [-0.3, -0.25) is 14.6 Å². The van der Waals surface area contributed by atoms with Crippen LogP contribution in [0.25, 0.3) is 0 Å². The predicted octanol–water partition coefficient (Wildman–Crippen LogP) is 5.03. The molecule has 0 saturated heterocycles. The van der Waals surface area contributed by atoms with Gasteiger partial charge >= 0.3 is 0 Å². The summed E-state index contributed by atoms with van der Waals surface area (Å²) >= 11 is 1.53. The highest BCUT2D eigenvalue weighted by molar-refractivity contribution is 8.13. The summed E-state index contributed by atoms with van der Waals surface area (Å²) in [6.45, 7) is 2.64. The number of fused-ring (bicyclic) bond motifs is 3. The highest BCUT2D eigenvalue weighted by Gasteiger charge is 2.41. The van der Waals surface area contributed by atoms with E-state index >= 15 is 0 Å². The van der Waals surface area contributed by atoms with Crippen LogP contribution in [-0.2, 0) is 21.8 Å². The molecule has 36 heavy (non-hydrogen) atoms. The largest absolute Gasteiger partial charge is 0.356 e. The number of carbonyl (C=O) groups excluding carboxylic acids is 2. The Morgan fingerprint density at radius 1 is 0.972 bits per heavy atom. The lowest BCUT2D eigenvalue weighted by atomic mass is 10.1. The average Bonchev–Trinajstić information content (AvgIpc) is 3.24. The Kier molecular flexibility index (Phi) is 7.28. The van der Waals surface area contributed by atoms with Gasteiger partial charge in [-0.15, -0.1) is 0 Å². The molecule has 3 aromatic carbocycles. The number of hydrogen-bond acceptors (Lipinski definition) is 5. The van der Waals surface area contributed by atoms with Gasteiger partial charge in [0.1, 0.15) is 11.9 Å². The van der Waals surface area contributed by atoms with Crippen LogP contribution in [0, 0.1) is 6.92 Å². The minimum absolute atomic E-state index is 0.0631. The lowest BCUT2D eigenvalue weighted by Gasteiger charge is -2.25. The summed E-state index contributed by atoms with van der Waals surface area (Å²) in [6, 6.07) is 25.6. The molecule has 1 atom stereocenters. The van der Waals surface area contributed by atoms with Crippen LogP contribution in [0.4, 0.5) is 5.69 Å². The number of aryl methyl sites for hydroxylation is 1. The molecule has 0 unspecified atom stereocenters. The van der Waals surface area contributed by atoms with Crippen molar-refractivity contribution in [3.63, 3.8) is 0 Å². The molecule has 2 heterocycles. The molecule has 0 radical (unpaired) electrons. The molecule has 0 aliphatic carbocycles. The topological polar surface area (TPSA) is 74.1 Å². The summed E-state index contributed by atoms with van der Waals surface area (Å²) in [4.78, 5) is 37.1. The quantitative estimate of drug-likeness (QED) is 0.476. The second-order valence-corrected chi connectivity index (χ2v) is 9.89. The van der Waals surface area contributed by atoms with Crippen molar-refractivity contribution in [2.45, 2.75) is 38.0 Å². The van der Waals surface area contributed by atoms with Crippen molar-refractivity contribution in [3.05, 3.63) is 101 Å². The number of thioether (sulfide) groups is 1. The van der Waals surface area contributed by atoms with Gasteiger partial charge in [0.2, 0.25) is 5.91 Å². The zero-order valence-electron chi connectivity index (χ0n) is 20.2. The summed E-state index contributed by atoms with van der Waals surface area (Å²) in [5.41, 5.74) is 5.22. The van der Waals surface area contributed by atoms with E-state index in [1.54, 1.807) is 4.90 Å². The van der Waals surface area contributed by atoms with Crippen LogP contribution >= 0.6 is 11.8 Å². The van der Waals surface area contributed by atoms with Gasteiger partial charge in [-0.1, -0.05) is 84.1 Å². The molecule has 5 rings (SSSR count). The van der Waals surface area contributed by atoms with E-state index in [9.17, 15) is 9.59 Å². The van der Waals surface area contributed by atoms with Crippen molar-refractivity contribution in [1.29, 1.82) is 0 Å². The lowest BCUT2D eigenvalue weighted by Crippen LogP contribution is -2.41. The van der Waals surface area contributed by atoms with Crippen LogP contribution < -0.4 is 5.32 Å². The number of nitrogens with zero attached hydrogens (tertiary/aromatic N) is 3. The van der Waals surface area contributed by atoms with Gasteiger partial charge < -0.3 is 5.32 Å². The zero-order chi connectivity index (χ0) is 24.9. The first-order valence-corrected chi connectivity index (χ1v) is 13.2. The lowest BCUT2D eigenvalue weighted by molar-refractivity contribution is -0.125. The first-order chi connectivity index (χ1) is 17.6. The Hall–Kier alpha value is -3.71. The van der Waals surface area contributed by atoms with E-state index in [0.29, 0.717) is 29.7 Å². The first-order valence-electron chi connectivity index (χ1n) is 12.2. The summed E-state index contributed by atoms with van der Waals surface area (Å²) in [5, 5.41) is 3.59. The van der Waals surface area contributed by atoms with Crippen molar-refractivity contribution in [2.24, 2.45) is 9.98 Å². The minimum atomic E-state index is -0.587. The van der Waals surface area contributed by atoms with Crippen LogP contribution in [0.15, 0.2) is 88.8 Å². The Balaban J connectivity index is 1.24. The van der Waals surface area contributed by atoms with Gasteiger partial charge in [-0.2, -0.15) is 0 Å². The summed E-state index contributed by atoms with van der Waals surface area (Å²) in [6.07, 6.45) is 1.40. The third-order valence-corrected chi connectivity index (χ3v) is 7.27. The number of hydrogen-bond donors (Lipinski definition) is 1. The summed E-state index contributed by atoms with van der Waals surface area (Å²) < 4.78 is 0. The maximum absolute atomic E-state index is 13.4. The van der Waals surface area contributed by atoms with E-state index in [4.69, 9.17) is 9.98 Å². The molecule has 0 spiro atoms. The average molecular weight is 497 g/mol. The molecule has 3 aromatic rings. The standard InChI is InChI=1S/C29H28N4O2S/c1-20-11-13-22(14-12-20)19-36-29-32-24-10-6-5-9-23(24)27-31-25(28(35)33(27)29)15-16-26(34)30-18-17-21-7-3-2-4-8-21/h2-14,25H,15-19H2,1H3,(H,30,34)/t25-/m1/s1. The van der Waals surface area contributed by atoms with Gasteiger partial charge in [0.15, 0.2) is 5.17 Å². The Morgan fingerprint density at radius 2 is 1.72 bits per heavy atom. The molecular formula is C29H28N4O2S. The van der Waals surface area contributed by atoms with Crippen LogP contribution in [0.1, 0.15) is 35.1 Å². The zero-order valence-corrected chi connectivity index (χ0v) is 21.0. The van der Waals surface area contributed by atoms with E-state index in [1.165, 1.54) is 28.5 Å². The molecule has 2 aliphatic heterocycles. The Morgan fingerprint density at radius 3 is 2.53 bits per heavy atom. The molecule has 0 bridgehead atoms. The molecule has 2 amide bonds. The normalized spacial score (nSPS) is 16.2. The van der Waals surface area contributed by atoms with Gasteiger partial charge in [-0.05, 0) is 43.0 Å². The van der Waals surface area contributed by atoms with Crippen molar-refractivity contribution in [3.8, 4) is 0 Å². The fraction of sp³-hybridized carbons (Fsp3) is 0.241. The highest BCUT2D eigenvalue weighted by Crippen LogP contribution is 2.35. The number of benzene rings is 3. The Labute approximate surface area is 215 Å². The van der Waals surface area contributed by atoms with Crippen molar-refractivity contribution in [2.75, 3.05) is 6.54 Å². The molecule has 6 nitrogen and oxygen atoms in total. The van der Waals surface area contributed by atoms with Gasteiger partial charge in [0, 0.05) is 24.3 Å². The number of amidine groups is 2. The minimum Gasteiger partial charge on any atom is -0.356 e. The monoisotopic (exact) mass is 496 g/mol. The predicted molar refractivity (Wildman–Crippen MR) is 146 cm³/mol. The number of carbonyl (C=O) groups is 2. The molecule has 2 aliphatic rings. The van der Waals surface area contributed by atoms with E-state index in [2.05, 4.69) is 36.5 Å². The van der Waals surface area contributed by atoms with Crippen molar-refractivity contribution in [1.82, 2.24) is 10.2 Å². The van der Waals surface area contributed by atoms with Crippen molar-refractivity contribution < 1.29 is 9.59 Å². The van der Waals surface area contributed by atoms with Gasteiger partial charge in [0.05, 0.1) is 5.69 Å². The third-order valence-electron chi connectivity index (χ3n) is 6.26. The second-order valence-electron chi connectivity index (χ2n) is 8.95. The van der Waals surface area contributed by atoms with Crippen LogP contribution in [0.2, 0.25) is 0 Å². The first kappa shape index (κ1) is 24.0. The molecular weight excluding hydrogens is 468 g/mol. The molecule has 0 aromatic heterocycles. The maximum atomic E-state index is 13.4. The van der Waals surface area contributed by atoms with Crippen molar-refractivity contribution >= 4 is 40.3 Å². The summed E-state index contributed by atoms with van der Waals surface area (Å²) in [5.74, 6) is 1.15. The van der Waals surface area contributed by atoms with Crippen LogP contribution in [0.3, 0.4) is 0 Å². The number of aliphatic imine (C=N–C) groups is 2. The number of para-hydroxylation sites is 1. The molecule has 182 valence electrons. The SMILES string of the molecule is Cc1ccc(CSC2=Nc3ccccc3C3=N[C@H](CCC(=O)NCCc4ccccc4)C(=O)N23)cc1. The number of rotatable bonds is 8. The maximum Gasteiger partial charge on any atom is 0.259 e. The molecule has 0 fully saturated rings. The molecule has 7 heteroatoms. The molecule has 1 N–H and O–H groups in total. The summed E-state index contributed by atoms with van der Waals surface area (Å²) in [7, 11) is 0. The van der Waals surface area contributed by atoms with E-state index in [0.717, 1.165) is 17.7 Å². The number of amides is 2. The van der Waals surface area contributed by atoms with Gasteiger partial charge in [-0.25, -0.2) is 9.89 Å².